The first-order valence-electron chi connectivity index (χ1n) is 7.20. The average molecular weight is 304 g/mol. The molecule has 1 aliphatic rings. The zero-order valence-electron chi connectivity index (χ0n) is 12.6. The van der Waals surface area contributed by atoms with E-state index in [4.69, 9.17) is 10.00 Å². The van der Waals surface area contributed by atoms with Gasteiger partial charge in [-0.25, -0.2) is 4.98 Å². The van der Waals surface area contributed by atoms with Crippen LogP contribution < -0.4 is 4.90 Å². The molecule has 1 aromatic heterocycles. The summed E-state index contributed by atoms with van der Waals surface area (Å²) in [7, 11) is 1.56. The molecule has 22 heavy (non-hydrogen) atoms. The highest BCUT2D eigenvalue weighted by molar-refractivity contribution is 5.76. The van der Waals surface area contributed by atoms with Gasteiger partial charge in [-0.3, -0.25) is 4.79 Å². The molecular formula is C15H20N4O3. The second-order valence-corrected chi connectivity index (χ2v) is 5.20. The van der Waals surface area contributed by atoms with E-state index in [0.717, 1.165) is 0 Å². The second-order valence-electron chi connectivity index (χ2n) is 5.20. The number of amides is 1. The number of carbonyl (C=O) groups is 1. The van der Waals surface area contributed by atoms with E-state index >= 15 is 0 Å². The van der Waals surface area contributed by atoms with Crippen LogP contribution in [0.4, 0.5) is 5.82 Å². The normalized spacial score (nSPS) is 18.7. The second kappa shape index (κ2) is 7.73. The van der Waals surface area contributed by atoms with Crippen molar-refractivity contribution in [2.45, 2.75) is 12.5 Å². The van der Waals surface area contributed by atoms with Crippen molar-refractivity contribution < 1.29 is 14.6 Å². The molecule has 1 N–H and O–H groups in total. The van der Waals surface area contributed by atoms with Crippen molar-refractivity contribution in [3.05, 3.63) is 23.9 Å². The Kier molecular flexibility index (Phi) is 5.69. The maximum atomic E-state index is 12.0. The van der Waals surface area contributed by atoms with E-state index < -0.39 is 6.10 Å². The molecule has 118 valence electrons. The minimum atomic E-state index is -0.633. The van der Waals surface area contributed by atoms with Crippen molar-refractivity contribution in [1.82, 2.24) is 9.88 Å². The summed E-state index contributed by atoms with van der Waals surface area (Å²) in [6.45, 7) is 2.23. The van der Waals surface area contributed by atoms with Crippen molar-refractivity contribution >= 4 is 11.7 Å². The first kappa shape index (κ1) is 16.2. The monoisotopic (exact) mass is 304 g/mol. The highest BCUT2D eigenvalue weighted by atomic mass is 16.5. The fourth-order valence-electron chi connectivity index (χ4n) is 2.41. The topological polar surface area (TPSA) is 89.7 Å². The van der Waals surface area contributed by atoms with E-state index in [1.54, 1.807) is 24.1 Å². The summed E-state index contributed by atoms with van der Waals surface area (Å²) in [5.74, 6) is 0.680. The lowest BCUT2D eigenvalue weighted by molar-refractivity contribution is -0.133. The van der Waals surface area contributed by atoms with Crippen LogP contribution in [-0.2, 0) is 9.53 Å². The zero-order chi connectivity index (χ0) is 15.9. The van der Waals surface area contributed by atoms with Gasteiger partial charge in [0, 0.05) is 39.5 Å². The van der Waals surface area contributed by atoms with Gasteiger partial charge in [0.1, 0.15) is 11.9 Å². The summed E-state index contributed by atoms with van der Waals surface area (Å²) in [5.41, 5.74) is 0.496. The molecule has 7 nitrogen and oxygen atoms in total. The van der Waals surface area contributed by atoms with Crippen molar-refractivity contribution in [2.75, 3.05) is 44.8 Å². The van der Waals surface area contributed by atoms with Gasteiger partial charge >= 0.3 is 0 Å². The predicted molar refractivity (Wildman–Crippen MR) is 80.2 cm³/mol. The molecular weight excluding hydrogens is 284 g/mol. The Morgan fingerprint density at radius 2 is 2.32 bits per heavy atom. The molecule has 1 atom stereocenters. The Hall–Kier alpha value is -2.17. The van der Waals surface area contributed by atoms with Gasteiger partial charge in [0.05, 0.1) is 24.7 Å². The van der Waals surface area contributed by atoms with Gasteiger partial charge in [0.2, 0.25) is 5.91 Å². The number of aliphatic hydroxyl groups excluding tert-OH is 1. The van der Waals surface area contributed by atoms with Crippen LogP contribution in [0.2, 0.25) is 0 Å². The Labute approximate surface area is 129 Å². The number of carbonyl (C=O) groups excluding carboxylic acids is 1. The maximum Gasteiger partial charge on any atom is 0.225 e. The lowest BCUT2D eigenvalue weighted by Gasteiger charge is -2.22. The van der Waals surface area contributed by atoms with Gasteiger partial charge < -0.3 is 19.6 Å². The van der Waals surface area contributed by atoms with Crippen LogP contribution in [-0.4, -0.2) is 66.9 Å². The number of hydrogen-bond acceptors (Lipinski definition) is 6. The molecule has 2 rings (SSSR count). The summed E-state index contributed by atoms with van der Waals surface area (Å²) >= 11 is 0. The van der Waals surface area contributed by atoms with E-state index in [0.29, 0.717) is 50.6 Å². The third kappa shape index (κ3) is 4.16. The predicted octanol–water partition coefficient (Wildman–Crippen LogP) is -0.000720. The van der Waals surface area contributed by atoms with E-state index in [9.17, 15) is 9.90 Å². The maximum absolute atomic E-state index is 12.0. The largest absolute Gasteiger partial charge is 0.389 e. The van der Waals surface area contributed by atoms with Gasteiger partial charge in [-0.2, -0.15) is 5.26 Å². The van der Waals surface area contributed by atoms with Crippen LogP contribution in [0.25, 0.3) is 0 Å². The molecule has 0 spiro atoms. The lowest BCUT2D eigenvalue weighted by Crippen LogP contribution is -2.38. The van der Waals surface area contributed by atoms with Crippen LogP contribution in [0.3, 0.4) is 0 Å². The molecule has 0 bridgehead atoms. The molecule has 0 aromatic carbocycles. The Morgan fingerprint density at radius 1 is 1.50 bits per heavy atom. The van der Waals surface area contributed by atoms with Gasteiger partial charge in [-0.05, 0) is 12.1 Å². The average Bonchev–Trinajstić information content (AvgIpc) is 2.74. The fraction of sp³-hybridized carbons (Fsp3) is 0.533. The first-order chi connectivity index (χ1) is 10.6. The number of rotatable bonds is 4. The van der Waals surface area contributed by atoms with Gasteiger partial charge in [-0.1, -0.05) is 0 Å². The summed E-state index contributed by atoms with van der Waals surface area (Å²) < 4.78 is 4.92. The van der Waals surface area contributed by atoms with E-state index in [1.807, 2.05) is 11.0 Å². The Bertz CT molecular complexity index is 541. The molecule has 2 heterocycles. The minimum Gasteiger partial charge on any atom is -0.389 e. The SMILES string of the molecule is COCCC(=O)N1CCN(c2ccc(C#N)cn2)CC(O)C1. The smallest absolute Gasteiger partial charge is 0.225 e. The molecule has 7 heteroatoms. The summed E-state index contributed by atoms with van der Waals surface area (Å²) in [4.78, 5) is 19.9. The molecule has 1 saturated heterocycles. The molecule has 0 aliphatic carbocycles. The molecule has 0 radical (unpaired) electrons. The summed E-state index contributed by atoms with van der Waals surface area (Å²) in [6, 6.07) is 5.48. The number of aliphatic hydroxyl groups is 1. The van der Waals surface area contributed by atoms with Crippen LogP contribution in [0.5, 0.6) is 0 Å². The summed E-state index contributed by atoms with van der Waals surface area (Å²) in [6.07, 6.45) is 1.19. The number of pyridine rings is 1. The van der Waals surface area contributed by atoms with Crippen LogP contribution in [0.1, 0.15) is 12.0 Å². The Balaban J connectivity index is 2.01. The summed E-state index contributed by atoms with van der Waals surface area (Å²) in [5, 5.41) is 18.9. The quantitative estimate of drug-likeness (QED) is 0.842. The van der Waals surface area contributed by atoms with E-state index in [1.165, 1.54) is 6.20 Å². The molecule has 1 fully saturated rings. The molecule has 1 unspecified atom stereocenters. The number of ether oxygens (including phenoxy) is 1. The van der Waals surface area contributed by atoms with Crippen LogP contribution in [0, 0.1) is 11.3 Å². The third-order valence-electron chi connectivity index (χ3n) is 3.58. The molecule has 1 amide bonds. The fourth-order valence-corrected chi connectivity index (χ4v) is 2.41. The van der Waals surface area contributed by atoms with Crippen LogP contribution in [0.15, 0.2) is 18.3 Å². The van der Waals surface area contributed by atoms with Crippen molar-refractivity contribution in [2.24, 2.45) is 0 Å². The number of aromatic nitrogens is 1. The van der Waals surface area contributed by atoms with Gasteiger partial charge in [0.15, 0.2) is 0 Å². The number of anilines is 1. The standard InChI is InChI=1S/C15H20N4O3/c1-22-7-4-15(21)19-6-5-18(10-13(20)11-19)14-3-2-12(8-16)9-17-14/h2-3,9,13,20H,4-7,10-11H2,1H3. The van der Waals surface area contributed by atoms with Gasteiger partial charge in [-0.15, -0.1) is 0 Å². The van der Waals surface area contributed by atoms with Gasteiger partial charge in [0.25, 0.3) is 0 Å². The molecule has 0 saturated carbocycles. The zero-order valence-corrected chi connectivity index (χ0v) is 12.6. The van der Waals surface area contributed by atoms with Crippen molar-refractivity contribution in [1.29, 1.82) is 5.26 Å². The van der Waals surface area contributed by atoms with E-state index in [2.05, 4.69) is 4.98 Å². The van der Waals surface area contributed by atoms with Crippen molar-refractivity contribution in [3.63, 3.8) is 0 Å². The minimum absolute atomic E-state index is 0.0180. The van der Waals surface area contributed by atoms with Crippen LogP contribution >= 0.6 is 0 Å². The number of nitrogens with zero attached hydrogens (tertiary/aromatic N) is 4. The van der Waals surface area contributed by atoms with E-state index in [-0.39, 0.29) is 5.91 Å². The number of hydrogen-bond donors (Lipinski definition) is 1. The third-order valence-corrected chi connectivity index (χ3v) is 3.58. The Morgan fingerprint density at radius 3 is 2.95 bits per heavy atom. The lowest BCUT2D eigenvalue weighted by atomic mass is 10.3. The number of β-amino-alcohol motifs (C(OH)–C–C–N with tert-alkyl or cyclic N) is 1. The number of methoxy groups -OCH3 is 1. The molecule has 1 aliphatic heterocycles. The highest BCUT2D eigenvalue weighted by Crippen LogP contribution is 2.15. The van der Waals surface area contributed by atoms with Crippen molar-refractivity contribution in [3.8, 4) is 6.07 Å². The first-order valence-corrected chi connectivity index (χ1v) is 7.20. The highest BCUT2D eigenvalue weighted by Gasteiger charge is 2.24. The molecule has 1 aromatic rings. The number of nitriles is 1.